The van der Waals surface area contributed by atoms with E-state index in [9.17, 15) is 9.18 Å². The zero-order valence-corrected chi connectivity index (χ0v) is 13.6. The monoisotopic (exact) mass is 332 g/mol. The largest absolute Gasteiger partial charge is 0.379 e. The highest BCUT2D eigenvalue weighted by Gasteiger charge is 2.29. The predicted octanol–water partition coefficient (Wildman–Crippen LogP) is 1.25. The molecule has 1 aromatic carbocycles. The number of benzene rings is 1. The third kappa shape index (κ3) is 3.98. The molecule has 0 radical (unpaired) electrons. The first-order valence-electron chi connectivity index (χ1n) is 7.96. The van der Waals surface area contributed by atoms with Crippen LogP contribution in [0.25, 0.3) is 0 Å². The van der Waals surface area contributed by atoms with Crippen molar-refractivity contribution in [2.24, 2.45) is 7.05 Å². The number of ether oxygens (including phenoxy) is 1. The fourth-order valence-corrected chi connectivity index (χ4v) is 2.89. The molecule has 1 aliphatic rings. The molecule has 2 aromatic rings. The number of carbonyl (C=O) groups excluding carboxylic acids is 1. The quantitative estimate of drug-likeness (QED) is 0.895. The smallest absolute Gasteiger partial charge is 0.242 e. The van der Waals surface area contributed by atoms with E-state index in [2.05, 4.69) is 10.4 Å². The van der Waals surface area contributed by atoms with Gasteiger partial charge in [0.05, 0.1) is 19.4 Å². The lowest BCUT2D eigenvalue weighted by molar-refractivity contribution is -0.128. The van der Waals surface area contributed by atoms with Crippen LogP contribution in [0, 0.1) is 5.82 Å². The van der Waals surface area contributed by atoms with Gasteiger partial charge in [0.2, 0.25) is 5.91 Å². The Morgan fingerprint density at radius 1 is 1.42 bits per heavy atom. The molecule has 0 saturated carbocycles. The van der Waals surface area contributed by atoms with Crippen molar-refractivity contribution in [3.63, 3.8) is 0 Å². The summed E-state index contributed by atoms with van der Waals surface area (Å²) in [5.41, 5.74) is 1.58. The van der Waals surface area contributed by atoms with E-state index in [0.29, 0.717) is 38.4 Å². The van der Waals surface area contributed by atoms with Gasteiger partial charge in [-0.25, -0.2) is 4.39 Å². The van der Waals surface area contributed by atoms with Gasteiger partial charge in [-0.3, -0.25) is 14.4 Å². The van der Waals surface area contributed by atoms with E-state index in [1.165, 1.54) is 12.1 Å². The number of nitrogens with one attached hydrogen (secondary N) is 1. The molecule has 1 aromatic heterocycles. The van der Waals surface area contributed by atoms with Gasteiger partial charge in [0.1, 0.15) is 11.9 Å². The molecule has 1 atom stereocenters. The Balaban J connectivity index is 1.76. The van der Waals surface area contributed by atoms with Crippen LogP contribution in [0.5, 0.6) is 0 Å². The van der Waals surface area contributed by atoms with Crippen molar-refractivity contribution in [1.82, 2.24) is 20.0 Å². The minimum Gasteiger partial charge on any atom is -0.379 e. The number of carbonyl (C=O) groups is 1. The molecule has 1 fully saturated rings. The van der Waals surface area contributed by atoms with Crippen LogP contribution in [0.1, 0.15) is 17.2 Å². The molecule has 0 spiro atoms. The van der Waals surface area contributed by atoms with Gasteiger partial charge >= 0.3 is 0 Å². The summed E-state index contributed by atoms with van der Waals surface area (Å²) in [4.78, 5) is 14.8. The number of halogens is 1. The van der Waals surface area contributed by atoms with Crippen molar-refractivity contribution >= 4 is 5.91 Å². The number of morpholine rings is 1. The van der Waals surface area contributed by atoms with Crippen molar-refractivity contribution < 1.29 is 13.9 Å². The Kier molecular flexibility index (Phi) is 5.22. The maximum absolute atomic E-state index is 13.6. The summed E-state index contributed by atoms with van der Waals surface area (Å²) < 4.78 is 20.7. The Morgan fingerprint density at radius 3 is 2.88 bits per heavy atom. The van der Waals surface area contributed by atoms with Crippen molar-refractivity contribution in [2.45, 2.75) is 12.6 Å². The normalized spacial score (nSPS) is 16.8. The van der Waals surface area contributed by atoms with E-state index in [-0.39, 0.29) is 11.7 Å². The number of hydrogen-bond acceptors (Lipinski definition) is 4. The summed E-state index contributed by atoms with van der Waals surface area (Å²) in [6, 6.07) is 5.69. The zero-order valence-electron chi connectivity index (χ0n) is 13.6. The van der Waals surface area contributed by atoms with Gasteiger partial charge in [-0.05, 0) is 17.7 Å². The van der Waals surface area contributed by atoms with Gasteiger partial charge in [0.15, 0.2) is 0 Å². The number of rotatable bonds is 5. The number of nitrogens with zero attached hydrogens (tertiary/aromatic N) is 3. The molecular weight excluding hydrogens is 311 g/mol. The molecule has 7 heteroatoms. The van der Waals surface area contributed by atoms with Crippen molar-refractivity contribution in [3.8, 4) is 0 Å². The van der Waals surface area contributed by atoms with Crippen molar-refractivity contribution in [3.05, 3.63) is 53.6 Å². The molecule has 1 unspecified atom stereocenters. The molecule has 24 heavy (non-hydrogen) atoms. The van der Waals surface area contributed by atoms with Crippen LogP contribution in [-0.2, 0) is 23.1 Å². The van der Waals surface area contributed by atoms with E-state index < -0.39 is 6.04 Å². The average molecular weight is 332 g/mol. The second-order valence-corrected chi connectivity index (χ2v) is 5.85. The molecule has 3 rings (SSSR count). The standard InChI is InChI=1S/C17H21FN4O2/c1-21-12-13(11-20-21)10-19-17(23)16(22-5-7-24-8-6-22)14-3-2-4-15(18)9-14/h2-4,9,11-12,16H,5-8,10H2,1H3,(H,19,23). The molecule has 0 aliphatic carbocycles. The topological polar surface area (TPSA) is 59.4 Å². The zero-order chi connectivity index (χ0) is 16.9. The van der Waals surface area contributed by atoms with Gasteiger partial charge in [-0.15, -0.1) is 0 Å². The highest BCUT2D eigenvalue weighted by Crippen LogP contribution is 2.23. The summed E-state index contributed by atoms with van der Waals surface area (Å²) in [5.74, 6) is -0.489. The fraction of sp³-hybridized carbons (Fsp3) is 0.412. The minimum atomic E-state index is -0.527. The number of amides is 1. The summed E-state index contributed by atoms with van der Waals surface area (Å²) in [6.45, 7) is 2.81. The van der Waals surface area contributed by atoms with Gasteiger partial charge in [-0.2, -0.15) is 5.10 Å². The molecule has 1 N–H and O–H groups in total. The average Bonchev–Trinajstić information content (AvgIpc) is 3.00. The number of hydrogen-bond donors (Lipinski definition) is 1. The highest BCUT2D eigenvalue weighted by molar-refractivity contribution is 5.83. The fourth-order valence-electron chi connectivity index (χ4n) is 2.89. The first-order valence-corrected chi connectivity index (χ1v) is 7.96. The lowest BCUT2D eigenvalue weighted by Gasteiger charge is -2.33. The number of aryl methyl sites for hydroxylation is 1. The third-order valence-corrected chi connectivity index (χ3v) is 4.05. The van der Waals surface area contributed by atoms with Crippen LogP contribution < -0.4 is 5.32 Å². The van der Waals surface area contributed by atoms with Crippen LogP contribution >= 0.6 is 0 Å². The molecule has 1 amide bonds. The molecule has 128 valence electrons. The van der Waals surface area contributed by atoms with E-state index in [0.717, 1.165) is 5.56 Å². The van der Waals surface area contributed by atoms with Crippen LogP contribution in [0.4, 0.5) is 4.39 Å². The van der Waals surface area contributed by atoms with Gasteiger partial charge < -0.3 is 10.1 Å². The Hall–Kier alpha value is -2.25. The first-order chi connectivity index (χ1) is 11.6. The molecular formula is C17H21FN4O2. The molecule has 2 heterocycles. The lowest BCUT2D eigenvalue weighted by atomic mass is 10.0. The molecule has 1 aliphatic heterocycles. The van der Waals surface area contributed by atoms with Crippen LogP contribution in [-0.4, -0.2) is 46.9 Å². The van der Waals surface area contributed by atoms with Crippen molar-refractivity contribution in [1.29, 1.82) is 0 Å². The first kappa shape index (κ1) is 16.6. The minimum absolute atomic E-state index is 0.147. The maximum Gasteiger partial charge on any atom is 0.242 e. The van der Waals surface area contributed by atoms with E-state index in [4.69, 9.17) is 4.74 Å². The van der Waals surface area contributed by atoms with E-state index in [1.54, 1.807) is 23.0 Å². The third-order valence-electron chi connectivity index (χ3n) is 4.05. The second kappa shape index (κ2) is 7.55. The second-order valence-electron chi connectivity index (χ2n) is 5.85. The Labute approximate surface area is 140 Å². The summed E-state index contributed by atoms with van der Waals surface area (Å²) in [6.07, 6.45) is 3.57. The van der Waals surface area contributed by atoms with E-state index >= 15 is 0 Å². The lowest BCUT2D eigenvalue weighted by Crippen LogP contribution is -2.45. The molecule has 1 saturated heterocycles. The van der Waals surface area contributed by atoms with E-state index in [1.807, 2.05) is 18.1 Å². The summed E-state index contributed by atoms with van der Waals surface area (Å²) >= 11 is 0. The van der Waals surface area contributed by atoms with Gasteiger partial charge in [-0.1, -0.05) is 12.1 Å². The maximum atomic E-state index is 13.6. The van der Waals surface area contributed by atoms with Crippen LogP contribution in [0.15, 0.2) is 36.7 Å². The highest BCUT2D eigenvalue weighted by atomic mass is 19.1. The van der Waals surface area contributed by atoms with Gasteiger partial charge in [0, 0.05) is 38.4 Å². The number of aromatic nitrogens is 2. The van der Waals surface area contributed by atoms with Gasteiger partial charge in [0.25, 0.3) is 0 Å². The SMILES string of the molecule is Cn1cc(CNC(=O)C(c2cccc(F)c2)N2CCOCC2)cn1. The molecule has 6 nitrogen and oxygen atoms in total. The predicted molar refractivity (Wildman–Crippen MR) is 86.6 cm³/mol. The Morgan fingerprint density at radius 2 is 2.21 bits per heavy atom. The van der Waals surface area contributed by atoms with Crippen LogP contribution in [0.3, 0.4) is 0 Å². The Bertz CT molecular complexity index is 697. The molecule has 0 bridgehead atoms. The van der Waals surface area contributed by atoms with Crippen LogP contribution in [0.2, 0.25) is 0 Å². The summed E-state index contributed by atoms with van der Waals surface area (Å²) in [5, 5.41) is 7.02. The summed E-state index contributed by atoms with van der Waals surface area (Å²) in [7, 11) is 1.83. The van der Waals surface area contributed by atoms with Crippen molar-refractivity contribution in [2.75, 3.05) is 26.3 Å².